The summed E-state index contributed by atoms with van der Waals surface area (Å²) in [5, 5.41) is 0.738. The van der Waals surface area contributed by atoms with E-state index in [4.69, 9.17) is 28.4 Å². The molecule has 23 nitrogen and oxygen atoms in total. The normalized spacial score (nSPS) is 15.0. The summed E-state index contributed by atoms with van der Waals surface area (Å²) in [4.78, 5) is 117. The summed E-state index contributed by atoms with van der Waals surface area (Å²) in [5.74, 6) is 7.46. The number of rotatable bonds is 29. The molecule has 0 aromatic heterocycles. The van der Waals surface area contributed by atoms with Crippen LogP contribution >= 0.6 is 0 Å². The summed E-state index contributed by atoms with van der Waals surface area (Å²) in [7, 11) is -5.04. The van der Waals surface area contributed by atoms with Crippen molar-refractivity contribution in [1.29, 1.82) is 0 Å². The van der Waals surface area contributed by atoms with Gasteiger partial charge in [-0.1, -0.05) is 84.3 Å². The fourth-order valence-electron chi connectivity index (χ4n) is 8.99. The standard InChI is InChI=1S/C37H44N2O11.C25H22N2O8S.Na/c40-32-11-12-33(41)37(32)50-36(44)15-18-46-20-22-48-24-26-49-25-23-47-21-19-45-17-14-34(42)38-16-13-35(43)39-27-30-7-2-1-5-28(30)9-10-29-6-3-4-8-31(29)39;28-22(11-5-6-12-24(30)35-27-23(29)15-21(25(27)31)36(32,33)34)26-16-19-9-2-1-7-17(19)13-14-18-8-3-4-10-20(18)26;/h1-8,37H,11-27H2,(H,38,42);1-4,7-10,21H,5-6,11-12,15-16H2,(H,32,33,34);/q;;+1/p-1. The zero-order chi connectivity index (χ0) is 61.3. The van der Waals surface area contributed by atoms with Crippen molar-refractivity contribution in [2.24, 2.45) is 0 Å². The van der Waals surface area contributed by atoms with Gasteiger partial charge >= 0.3 is 41.5 Å². The van der Waals surface area contributed by atoms with Gasteiger partial charge in [0, 0.05) is 67.3 Å². The summed E-state index contributed by atoms with van der Waals surface area (Å²) >= 11 is 0. The maximum absolute atomic E-state index is 13.2. The van der Waals surface area contributed by atoms with Crippen molar-refractivity contribution in [1.82, 2.24) is 10.4 Å². The van der Waals surface area contributed by atoms with E-state index in [-0.39, 0.29) is 142 Å². The van der Waals surface area contributed by atoms with Gasteiger partial charge in [0.15, 0.2) is 11.6 Å². The van der Waals surface area contributed by atoms with Crippen molar-refractivity contribution in [3.8, 4) is 23.7 Å². The van der Waals surface area contributed by atoms with Crippen LogP contribution in [0.25, 0.3) is 0 Å². The summed E-state index contributed by atoms with van der Waals surface area (Å²) < 4.78 is 65.2. The molecule has 1 atom stereocenters. The first-order valence-corrected chi connectivity index (χ1v) is 29.5. The van der Waals surface area contributed by atoms with Gasteiger partial charge in [-0.15, -0.1) is 5.06 Å². The third kappa shape index (κ3) is 21.4. The molecule has 4 aliphatic rings. The van der Waals surface area contributed by atoms with E-state index in [2.05, 4.69) is 33.8 Å². The number of para-hydroxylation sites is 2. The number of Topliss-reactive ketones (excluding diaryl/α,β-unsaturated/α-hetero) is 2. The quantitative estimate of drug-likeness (QED) is 0.0149. The van der Waals surface area contributed by atoms with Crippen molar-refractivity contribution in [3.05, 3.63) is 130 Å². The van der Waals surface area contributed by atoms with E-state index in [1.54, 1.807) is 9.80 Å². The molecule has 0 bridgehead atoms. The molecule has 1 unspecified atom stereocenters. The molecular weight excluding hydrogens is 1160 g/mol. The first kappa shape index (κ1) is 68.7. The van der Waals surface area contributed by atoms with Gasteiger partial charge in [-0.25, -0.2) is 13.2 Å². The molecule has 1 saturated heterocycles. The Morgan fingerprint density at radius 2 is 0.954 bits per heavy atom. The fraction of sp³-hybridized carbons (Fsp3) is 0.403. The molecule has 0 radical (unpaired) electrons. The second-order valence-electron chi connectivity index (χ2n) is 19.7. The minimum atomic E-state index is -5.04. The van der Waals surface area contributed by atoms with E-state index in [0.717, 1.165) is 39.1 Å². The number of imide groups is 1. The van der Waals surface area contributed by atoms with Gasteiger partial charge in [-0.05, 0) is 60.4 Å². The van der Waals surface area contributed by atoms with Crippen molar-refractivity contribution in [2.45, 2.75) is 88.7 Å². The van der Waals surface area contributed by atoms with Crippen LogP contribution in [-0.2, 0) is 99.6 Å². The first-order chi connectivity index (χ1) is 41.6. The van der Waals surface area contributed by atoms with Crippen LogP contribution in [0.2, 0.25) is 0 Å². The zero-order valence-corrected chi connectivity index (χ0v) is 51.0. The molecule has 87 heavy (non-hydrogen) atoms. The number of ketones is 2. The monoisotopic (exact) mass is 1220 g/mol. The minimum absolute atomic E-state index is 0. The molecule has 454 valence electrons. The molecule has 4 aromatic carbocycles. The Kier molecular flexibility index (Phi) is 27.9. The van der Waals surface area contributed by atoms with Crippen LogP contribution in [0.15, 0.2) is 97.1 Å². The van der Waals surface area contributed by atoms with E-state index in [1.165, 1.54) is 0 Å². The number of amides is 5. The maximum atomic E-state index is 13.2. The summed E-state index contributed by atoms with van der Waals surface area (Å²) in [6.45, 7) is 4.12. The first-order valence-electron chi connectivity index (χ1n) is 28.0. The second-order valence-corrected chi connectivity index (χ2v) is 21.2. The Labute approximate surface area is 526 Å². The Morgan fingerprint density at radius 1 is 0.529 bits per heavy atom. The number of fused-ring (bicyclic) bond motifs is 4. The van der Waals surface area contributed by atoms with Crippen molar-refractivity contribution < 1.29 is 119 Å². The molecule has 3 heterocycles. The number of anilines is 2. The van der Waals surface area contributed by atoms with Crippen LogP contribution in [0.3, 0.4) is 0 Å². The second kappa shape index (κ2) is 35.4. The molecule has 1 N–H and O–H groups in total. The van der Waals surface area contributed by atoms with Crippen LogP contribution in [0.5, 0.6) is 0 Å². The number of benzene rings is 4. The van der Waals surface area contributed by atoms with E-state index < -0.39 is 51.6 Å². The van der Waals surface area contributed by atoms with Crippen LogP contribution in [-0.4, -0.2) is 155 Å². The van der Waals surface area contributed by atoms with Crippen LogP contribution in [0, 0.1) is 23.7 Å². The molecule has 3 aliphatic heterocycles. The molecule has 1 saturated carbocycles. The zero-order valence-electron chi connectivity index (χ0n) is 48.2. The summed E-state index contributed by atoms with van der Waals surface area (Å²) in [6.07, 6.45) is -1.14. The van der Waals surface area contributed by atoms with E-state index in [0.29, 0.717) is 71.4 Å². The van der Waals surface area contributed by atoms with Crippen LogP contribution in [0.1, 0.15) is 97.6 Å². The van der Waals surface area contributed by atoms with Crippen molar-refractivity contribution >= 4 is 74.5 Å². The molecule has 25 heteroatoms. The third-order valence-corrected chi connectivity index (χ3v) is 14.6. The number of esters is 1. The van der Waals surface area contributed by atoms with Gasteiger partial charge in [0.25, 0.3) is 11.8 Å². The fourth-order valence-corrected chi connectivity index (χ4v) is 9.68. The van der Waals surface area contributed by atoms with Gasteiger partial charge in [0.2, 0.25) is 23.8 Å². The van der Waals surface area contributed by atoms with E-state index in [1.807, 2.05) is 97.1 Å². The Balaban J connectivity index is 0.000000289. The van der Waals surface area contributed by atoms with Gasteiger partial charge in [-0.3, -0.25) is 38.4 Å². The molecule has 4 aromatic rings. The number of carbonyl (C=O) groups is 9. The molecule has 1 aliphatic carbocycles. The number of hydroxylamine groups is 2. The molecule has 2 fully saturated rings. The number of nitrogens with zero attached hydrogens (tertiary/aromatic N) is 3. The number of hydrogen-bond donors (Lipinski definition) is 1. The van der Waals surface area contributed by atoms with Crippen molar-refractivity contribution in [2.75, 3.05) is 82.4 Å². The Morgan fingerprint density at radius 3 is 1.45 bits per heavy atom. The molecule has 0 spiro atoms. The van der Waals surface area contributed by atoms with Gasteiger partial charge in [-0.2, -0.15) is 0 Å². The molecular formula is C62H65N4NaO19S. The summed E-state index contributed by atoms with van der Waals surface area (Å²) in [5.41, 5.74) is 6.58. The van der Waals surface area contributed by atoms with Gasteiger partial charge in [0.1, 0.15) is 15.4 Å². The number of hydrogen-bond acceptors (Lipinski definition) is 19. The minimum Gasteiger partial charge on any atom is -0.747 e. The average molecular weight is 1230 g/mol. The summed E-state index contributed by atoms with van der Waals surface area (Å²) in [6, 6.07) is 30.3. The predicted molar refractivity (Wildman–Crippen MR) is 305 cm³/mol. The average Bonchev–Trinajstić information content (AvgIpc) is 4.17. The van der Waals surface area contributed by atoms with Gasteiger partial charge < -0.3 is 52.9 Å². The predicted octanol–water partition coefficient (Wildman–Crippen LogP) is 0.775. The Hall–Kier alpha value is -7.46. The molecule has 8 rings (SSSR count). The number of nitrogens with one attached hydrogen (secondary N) is 1. The smallest absolute Gasteiger partial charge is 0.747 e. The maximum Gasteiger partial charge on any atom is 1.00 e. The van der Waals surface area contributed by atoms with E-state index >= 15 is 0 Å². The third-order valence-electron chi connectivity index (χ3n) is 13.5. The van der Waals surface area contributed by atoms with E-state index in [9.17, 15) is 56.1 Å². The van der Waals surface area contributed by atoms with Gasteiger partial charge in [0.05, 0.1) is 103 Å². The van der Waals surface area contributed by atoms with Crippen LogP contribution in [0.4, 0.5) is 11.4 Å². The number of carbonyl (C=O) groups excluding carboxylic acids is 9. The Bertz CT molecular complexity index is 3360. The number of unbranched alkanes of at least 4 members (excludes halogenated alkanes) is 1. The topological polar surface area (TPSA) is 297 Å². The van der Waals surface area contributed by atoms with Crippen molar-refractivity contribution in [3.63, 3.8) is 0 Å². The largest absolute Gasteiger partial charge is 1.00 e. The van der Waals surface area contributed by atoms with Crippen LogP contribution < -0.4 is 44.7 Å². The molecule has 5 amide bonds. The number of ether oxygens (including phenoxy) is 6. The SMILES string of the molecule is O=C(CCCCC(=O)N1Cc2ccccc2C#Cc2ccccc21)ON1C(=O)CC(S(=O)(=O)[O-])C1=O.O=C(CCOCCOCCOCCOCCOCCC(=O)OC1C(=O)CCC1=O)NCCC(=O)N1Cc2ccccc2C#Cc2ccccc21.[Na+].